The van der Waals surface area contributed by atoms with E-state index in [0.717, 1.165) is 17.1 Å². The lowest BCUT2D eigenvalue weighted by Gasteiger charge is -2.04. The fourth-order valence-electron chi connectivity index (χ4n) is 1.51. The second-order valence-electron chi connectivity index (χ2n) is 3.84. The second kappa shape index (κ2) is 4.29. The summed E-state index contributed by atoms with van der Waals surface area (Å²) < 4.78 is 1.71. The molecule has 0 aliphatic rings. The molecule has 5 nitrogen and oxygen atoms in total. The Balaban J connectivity index is 2.26. The first kappa shape index (κ1) is 11.2. The van der Waals surface area contributed by atoms with Crippen molar-refractivity contribution in [2.75, 3.05) is 11.1 Å². The zero-order chi connectivity index (χ0) is 12.4. The van der Waals surface area contributed by atoms with Gasteiger partial charge in [-0.3, -0.25) is 4.79 Å². The number of nitrogens with one attached hydrogen (secondary N) is 1. The average Bonchev–Trinajstić information content (AvgIpc) is 2.59. The molecule has 1 heterocycles. The maximum atomic E-state index is 10.9. The predicted molar refractivity (Wildman–Crippen MR) is 67.0 cm³/mol. The molecule has 0 radical (unpaired) electrons. The second-order valence-corrected chi connectivity index (χ2v) is 3.84. The van der Waals surface area contributed by atoms with Gasteiger partial charge < -0.3 is 11.1 Å². The van der Waals surface area contributed by atoms with Gasteiger partial charge in [0, 0.05) is 12.6 Å². The SMILES string of the molecule is CC(=O)Nc1ccc(-n2cc(N)c(C)n2)cc1. The molecule has 88 valence electrons. The summed E-state index contributed by atoms with van der Waals surface area (Å²) in [6.45, 7) is 3.34. The number of anilines is 2. The number of nitrogens with two attached hydrogens (primary N) is 1. The Morgan fingerprint density at radius 2 is 2.00 bits per heavy atom. The average molecular weight is 230 g/mol. The molecule has 0 saturated heterocycles. The van der Waals surface area contributed by atoms with Crippen LogP contribution in [0, 0.1) is 6.92 Å². The highest BCUT2D eigenvalue weighted by atomic mass is 16.1. The number of benzene rings is 1. The van der Waals surface area contributed by atoms with Gasteiger partial charge in [0.2, 0.25) is 5.91 Å². The summed E-state index contributed by atoms with van der Waals surface area (Å²) in [5.41, 5.74) is 8.86. The minimum absolute atomic E-state index is 0.0862. The van der Waals surface area contributed by atoms with E-state index < -0.39 is 0 Å². The Morgan fingerprint density at radius 1 is 1.35 bits per heavy atom. The molecule has 5 heteroatoms. The van der Waals surface area contributed by atoms with Gasteiger partial charge in [-0.05, 0) is 31.2 Å². The van der Waals surface area contributed by atoms with Crippen molar-refractivity contribution in [1.82, 2.24) is 9.78 Å². The van der Waals surface area contributed by atoms with Crippen molar-refractivity contribution in [2.45, 2.75) is 13.8 Å². The van der Waals surface area contributed by atoms with Crippen LogP contribution in [0.2, 0.25) is 0 Å². The van der Waals surface area contributed by atoms with Gasteiger partial charge >= 0.3 is 0 Å². The van der Waals surface area contributed by atoms with Crippen LogP contribution in [0.3, 0.4) is 0 Å². The lowest BCUT2D eigenvalue weighted by Crippen LogP contribution is -2.05. The van der Waals surface area contributed by atoms with Crippen LogP contribution in [0.5, 0.6) is 0 Å². The van der Waals surface area contributed by atoms with E-state index >= 15 is 0 Å². The van der Waals surface area contributed by atoms with Gasteiger partial charge in [-0.1, -0.05) is 0 Å². The molecule has 1 aromatic heterocycles. The molecule has 0 unspecified atom stereocenters. The Hall–Kier alpha value is -2.30. The van der Waals surface area contributed by atoms with Crippen molar-refractivity contribution < 1.29 is 4.79 Å². The van der Waals surface area contributed by atoms with Gasteiger partial charge in [0.1, 0.15) is 0 Å². The zero-order valence-corrected chi connectivity index (χ0v) is 9.77. The minimum atomic E-state index is -0.0862. The van der Waals surface area contributed by atoms with Crippen molar-refractivity contribution in [3.63, 3.8) is 0 Å². The number of carbonyl (C=O) groups is 1. The molecule has 0 saturated carbocycles. The van der Waals surface area contributed by atoms with Crippen molar-refractivity contribution in [1.29, 1.82) is 0 Å². The number of nitrogens with zero attached hydrogens (tertiary/aromatic N) is 2. The van der Waals surface area contributed by atoms with Gasteiger partial charge in [-0.2, -0.15) is 5.10 Å². The first-order valence-electron chi connectivity index (χ1n) is 5.26. The summed E-state index contributed by atoms with van der Waals surface area (Å²) in [6.07, 6.45) is 1.77. The van der Waals surface area contributed by atoms with E-state index in [1.807, 2.05) is 31.2 Å². The molecular formula is C12H14N4O. The van der Waals surface area contributed by atoms with Crippen LogP contribution in [-0.2, 0) is 4.79 Å². The smallest absolute Gasteiger partial charge is 0.221 e. The number of hydrogen-bond acceptors (Lipinski definition) is 3. The van der Waals surface area contributed by atoms with Gasteiger partial charge in [0.05, 0.1) is 23.3 Å². The predicted octanol–water partition coefficient (Wildman–Crippen LogP) is 1.72. The molecular weight excluding hydrogens is 216 g/mol. The monoisotopic (exact) mass is 230 g/mol. The van der Waals surface area contributed by atoms with Gasteiger partial charge in [-0.15, -0.1) is 0 Å². The Morgan fingerprint density at radius 3 is 2.47 bits per heavy atom. The summed E-state index contributed by atoms with van der Waals surface area (Å²) in [7, 11) is 0. The van der Waals surface area contributed by atoms with Crippen LogP contribution in [0.4, 0.5) is 11.4 Å². The first-order valence-corrected chi connectivity index (χ1v) is 5.26. The van der Waals surface area contributed by atoms with Crippen molar-refractivity contribution in [2.24, 2.45) is 0 Å². The summed E-state index contributed by atoms with van der Waals surface area (Å²) in [5, 5.41) is 6.98. The number of aromatic nitrogens is 2. The summed E-state index contributed by atoms with van der Waals surface area (Å²) in [5.74, 6) is -0.0862. The van der Waals surface area contributed by atoms with Gasteiger partial charge in [-0.25, -0.2) is 4.68 Å². The van der Waals surface area contributed by atoms with Gasteiger partial charge in [0.15, 0.2) is 0 Å². The molecule has 0 bridgehead atoms. The van der Waals surface area contributed by atoms with E-state index in [1.165, 1.54) is 6.92 Å². The lowest BCUT2D eigenvalue weighted by molar-refractivity contribution is -0.114. The summed E-state index contributed by atoms with van der Waals surface area (Å²) in [4.78, 5) is 10.9. The number of amides is 1. The van der Waals surface area contributed by atoms with Crippen molar-refractivity contribution in [3.8, 4) is 5.69 Å². The largest absolute Gasteiger partial charge is 0.396 e. The molecule has 17 heavy (non-hydrogen) atoms. The van der Waals surface area contributed by atoms with Crippen LogP contribution >= 0.6 is 0 Å². The Kier molecular flexibility index (Phi) is 2.82. The maximum absolute atomic E-state index is 10.9. The van der Waals surface area contributed by atoms with Gasteiger partial charge in [0.25, 0.3) is 0 Å². The van der Waals surface area contributed by atoms with Crippen LogP contribution in [0.15, 0.2) is 30.5 Å². The third-order valence-electron chi connectivity index (χ3n) is 2.39. The molecule has 1 amide bonds. The van der Waals surface area contributed by atoms with Crippen LogP contribution in [0.25, 0.3) is 5.69 Å². The van der Waals surface area contributed by atoms with E-state index in [2.05, 4.69) is 10.4 Å². The molecule has 0 spiro atoms. The van der Waals surface area contributed by atoms with Crippen LogP contribution in [0.1, 0.15) is 12.6 Å². The molecule has 0 atom stereocenters. The number of rotatable bonds is 2. The molecule has 0 fully saturated rings. The normalized spacial score (nSPS) is 10.2. The van der Waals surface area contributed by atoms with Crippen molar-refractivity contribution in [3.05, 3.63) is 36.2 Å². The van der Waals surface area contributed by atoms with E-state index in [4.69, 9.17) is 5.73 Å². The molecule has 0 aliphatic heterocycles. The summed E-state index contributed by atoms with van der Waals surface area (Å²) >= 11 is 0. The van der Waals surface area contributed by atoms with E-state index in [-0.39, 0.29) is 5.91 Å². The zero-order valence-electron chi connectivity index (χ0n) is 9.77. The highest BCUT2D eigenvalue weighted by Crippen LogP contribution is 2.15. The Bertz CT molecular complexity index is 523. The topological polar surface area (TPSA) is 72.9 Å². The minimum Gasteiger partial charge on any atom is -0.396 e. The highest BCUT2D eigenvalue weighted by molar-refractivity contribution is 5.88. The Labute approximate surface area is 99.2 Å². The summed E-state index contributed by atoms with van der Waals surface area (Å²) in [6, 6.07) is 7.39. The number of hydrogen-bond donors (Lipinski definition) is 2. The van der Waals surface area contributed by atoms with E-state index in [0.29, 0.717) is 5.69 Å². The van der Waals surface area contributed by atoms with Crippen molar-refractivity contribution >= 4 is 17.3 Å². The fraction of sp³-hybridized carbons (Fsp3) is 0.167. The third kappa shape index (κ3) is 2.44. The van der Waals surface area contributed by atoms with Crippen LogP contribution < -0.4 is 11.1 Å². The highest BCUT2D eigenvalue weighted by Gasteiger charge is 2.03. The maximum Gasteiger partial charge on any atom is 0.221 e. The van der Waals surface area contributed by atoms with E-state index in [9.17, 15) is 4.79 Å². The number of nitrogen functional groups attached to an aromatic ring is 1. The molecule has 2 aromatic rings. The fourth-order valence-corrected chi connectivity index (χ4v) is 1.51. The molecule has 0 aliphatic carbocycles. The first-order chi connectivity index (χ1) is 8.06. The molecule has 2 rings (SSSR count). The van der Waals surface area contributed by atoms with Crippen LogP contribution in [-0.4, -0.2) is 15.7 Å². The number of carbonyl (C=O) groups excluding carboxylic acids is 1. The quantitative estimate of drug-likeness (QED) is 0.825. The standard InChI is InChI=1S/C12H14N4O/c1-8-12(13)7-16(15-8)11-5-3-10(4-6-11)14-9(2)17/h3-7H,13H2,1-2H3,(H,14,17). The third-order valence-corrected chi connectivity index (χ3v) is 2.39. The molecule has 1 aromatic carbocycles. The molecule has 3 N–H and O–H groups in total. The number of aryl methyl sites for hydroxylation is 1. The van der Waals surface area contributed by atoms with E-state index in [1.54, 1.807) is 10.9 Å². The lowest BCUT2D eigenvalue weighted by atomic mass is 10.3.